The monoisotopic (exact) mass is 230 g/mol. The van der Waals surface area contributed by atoms with E-state index in [-0.39, 0.29) is 5.25 Å². The van der Waals surface area contributed by atoms with Crippen LogP contribution in [0, 0.1) is 0 Å². The van der Waals surface area contributed by atoms with Gasteiger partial charge in [0, 0.05) is 5.25 Å². The number of carbonyl (C=O) groups is 1. The molecule has 0 saturated heterocycles. The maximum atomic E-state index is 10.8. The van der Waals surface area contributed by atoms with Gasteiger partial charge in [-0.05, 0) is 13.3 Å². The van der Waals surface area contributed by atoms with Crippen molar-refractivity contribution in [2.24, 2.45) is 5.73 Å². The highest BCUT2D eigenvalue weighted by molar-refractivity contribution is 7.99. The lowest BCUT2D eigenvalue weighted by molar-refractivity contribution is -0.142. The number of nitrogens with one attached hydrogen (secondary N) is 1. The van der Waals surface area contributed by atoms with Crippen LogP contribution in [0.25, 0.3) is 0 Å². The molecule has 15 heavy (non-hydrogen) atoms. The number of H-pyrrole nitrogens is 1. The summed E-state index contributed by atoms with van der Waals surface area (Å²) in [5, 5.41) is 16.0. The summed E-state index contributed by atoms with van der Waals surface area (Å²) in [6, 6.07) is 0. The number of rotatable bonds is 5. The quantitative estimate of drug-likeness (QED) is 0.635. The number of carboxylic acid groups (broad SMARTS) is 1. The number of aliphatic carboxylic acids is 1. The highest BCUT2D eigenvalue weighted by Crippen LogP contribution is 2.24. The second-order valence-electron chi connectivity index (χ2n) is 3.65. The fourth-order valence-corrected chi connectivity index (χ4v) is 2.19. The van der Waals surface area contributed by atoms with E-state index in [1.807, 2.05) is 6.92 Å². The predicted octanol–water partition coefficient (Wildman–Crippen LogP) is 0.477. The summed E-state index contributed by atoms with van der Waals surface area (Å²) < 4.78 is 0. The Labute approximate surface area is 91.7 Å². The van der Waals surface area contributed by atoms with Gasteiger partial charge in [0.15, 0.2) is 5.16 Å². The first kappa shape index (κ1) is 12.0. The first-order valence-corrected chi connectivity index (χ1v) is 5.34. The summed E-state index contributed by atoms with van der Waals surface area (Å²) in [5.41, 5.74) is 4.43. The van der Waals surface area contributed by atoms with Crippen molar-refractivity contribution in [2.75, 3.05) is 0 Å². The van der Waals surface area contributed by atoms with Crippen LogP contribution in [0.15, 0.2) is 11.5 Å². The fourth-order valence-electron chi connectivity index (χ4n) is 1.17. The van der Waals surface area contributed by atoms with Crippen molar-refractivity contribution < 1.29 is 9.90 Å². The van der Waals surface area contributed by atoms with E-state index in [1.54, 1.807) is 0 Å². The normalized spacial score (nSPS) is 17.0. The van der Waals surface area contributed by atoms with Gasteiger partial charge in [0.25, 0.3) is 0 Å². The molecule has 0 bridgehead atoms. The molecular formula is C8H14N4O2S. The minimum Gasteiger partial charge on any atom is -0.480 e. The molecule has 0 amide bonds. The standard InChI is InChI=1S/C8H14N4O2S/c1-5(3-8(2,9)6(13)14)15-7-10-4-11-12-7/h4-5H,3,9H2,1-2H3,(H,13,14)(H,10,11,12). The lowest BCUT2D eigenvalue weighted by Crippen LogP contribution is -2.46. The Kier molecular flexibility index (Phi) is 3.70. The summed E-state index contributed by atoms with van der Waals surface area (Å²) >= 11 is 1.42. The number of hydrogen-bond donors (Lipinski definition) is 3. The zero-order valence-corrected chi connectivity index (χ0v) is 9.41. The van der Waals surface area contributed by atoms with Gasteiger partial charge in [-0.1, -0.05) is 18.7 Å². The van der Waals surface area contributed by atoms with Crippen molar-refractivity contribution >= 4 is 17.7 Å². The predicted molar refractivity (Wildman–Crippen MR) is 56.5 cm³/mol. The second kappa shape index (κ2) is 4.63. The molecule has 4 N–H and O–H groups in total. The maximum absolute atomic E-state index is 10.8. The van der Waals surface area contributed by atoms with Crippen molar-refractivity contribution in [1.82, 2.24) is 15.2 Å². The van der Waals surface area contributed by atoms with Crippen LogP contribution in [0.2, 0.25) is 0 Å². The summed E-state index contributed by atoms with van der Waals surface area (Å²) in [6.45, 7) is 3.41. The summed E-state index contributed by atoms with van der Waals surface area (Å²) in [4.78, 5) is 14.7. The number of aromatic amines is 1. The van der Waals surface area contributed by atoms with Gasteiger partial charge >= 0.3 is 5.97 Å². The average molecular weight is 230 g/mol. The highest BCUT2D eigenvalue weighted by atomic mass is 32.2. The Morgan fingerprint density at radius 1 is 1.87 bits per heavy atom. The molecule has 0 aliphatic rings. The minimum atomic E-state index is -1.20. The van der Waals surface area contributed by atoms with Crippen molar-refractivity contribution in [3.05, 3.63) is 6.33 Å². The van der Waals surface area contributed by atoms with Crippen LogP contribution in [0.3, 0.4) is 0 Å². The largest absolute Gasteiger partial charge is 0.480 e. The smallest absolute Gasteiger partial charge is 0.323 e. The van der Waals surface area contributed by atoms with Crippen LogP contribution in [-0.4, -0.2) is 37.0 Å². The lowest BCUT2D eigenvalue weighted by atomic mass is 9.98. The van der Waals surface area contributed by atoms with E-state index >= 15 is 0 Å². The molecule has 0 spiro atoms. The topological polar surface area (TPSA) is 105 Å². The molecule has 0 aromatic carbocycles. The number of thioether (sulfide) groups is 1. The number of nitrogens with zero attached hydrogens (tertiary/aromatic N) is 2. The van der Waals surface area contributed by atoms with E-state index in [2.05, 4.69) is 15.2 Å². The lowest BCUT2D eigenvalue weighted by Gasteiger charge is -2.22. The van der Waals surface area contributed by atoms with Crippen molar-refractivity contribution in [1.29, 1.82) is 0 Å². The van der Waals surface area contributed by atoms with Crippen LogP contribution >= 0.6 is 11.8 Å². The SMILES string of the molecule is CC(CC(C)(N)C(=O)O)Sc1ncn[nH]1. The van der Waals surface area contributed by atoms with Gasteiger partial charge in [0.1, 0.15) is 11.9 Å². The van der Waals surface area contributed by atoms with Crippen molar-refractivity contribution in [3.63, 3.8) is 0 Å². The Morgan fingerprint density at radius 2 is 2.53 bits per heavy atom. The molecule has 7 heteroatoms. The van der Waals surface area contributed by atoms with Gasteiger partial charge in [-0.2, -0.15) is 5.10 Å². The molecule has 84 valence electrons. The third kappa shape index (κ3) is 3.52. The van der Waals surface area contributed by atoms with E-state index in [1.165, 1.54) is 25.0 Å². The van der Waals surface area contributed by atoms with E-state index in [4.69, 9.17) is 10.8 Å². The van der Waals surface area contributed by atoms with Gasteiger partial charge in [0.2, 0.25) is 0 Å². The minimum absolute atomic E-state index is 0.0593. The van der Waals surface area contributed by atoms with Gasteiger partial charge < -0.3 is 10.8 Å². The molecule has 0 radical (unpaired) electrons. The van der Waals surface area contributed by atoms with Crippen LogP contribution in [0.4, 0.5) is 0 Å². The van der Waals surface area contributed by atoms with Crippen molar-refractivity contribution in [2.45, 2.75) is 36.2 Å². The Morgan fingerprint density at radius 3 is 3.00 bits per heavy atom. The Hall–Kier alpha value is -1.08. The zero-order chi connectivity index (χ0) is 11.5. The molecule has 1 heterocycles. The highest BCUT2D eigenvalue weighted by Gasteiger charge is 2.30. The molecule has 1 aromatic rings. The molecular weight excluding hydrogens is 216 g/mol. The van der Waals surface area contributed by atoms with Crippen LogP contribution < -0.4 is 5.73 Å². The van der Waals surface area contributed by atoms with Crippen LogP contribution in [0.5, 0.6) is 0 Å². The van der Waals surface area contributed by atoms with Gasteiger partial charge in [-0.15, -0.1) is 0 Å². The third-order valence-electron chi connectivity index (χ3n) is 1.91. The van der Waals surface area contributed by atoms with E-state index < -0.39 is 11.5 Å². The third-order valence-corrected chi connectivity index (χ3v) is 2.89. The number of aromatic nitrogens is 3. The van der Waals surface area contributed by atoms with E-state index in [0.29, 0.717) is 11.6 Å². The molecule has 1 aromatic heterocycles. The number of nitrogens with two attached hydrogens (primary N) is 1. The molecule has 6 nitrogen and oxygen atoms in total. The van der Waals surface area contributed by atoms with Crippen LogP contribution in [0.1, 0.15) is 20.3 Å². The maximum Gasteiger partial charge on any atom is 0.323 e. The van der Waals surface area contributed by atoms with E-state index in [0.717, 1.165) is 0 Å². The van der Waals surface area contributed by atoms with Gasteiger partial charge in [-0.3, -0.25) is 9.89 Å². The number of hydrogen-bond acceptors (Lipinski definition) is 5. The first-order chi connectivity index (χ1) is 6.92. The van der Waals surface area contributed by atoms with Gasteiger partial charge in [0.05, 0.1) is 0 Å². The molecule has 2 atom stereocenters. The summed E-state index contributed by atoms with van der Waals surface area (Å²) in [6.07, 6.45) is 1.78. The van der Waals surface area contributed by atoms with Crippen molar-refractivity contribution in [3.8, 4) is 0 Å². The Balaban J connectivity index is 2.49. The first-order valence-electron chi connectivity index (χ1n) is 4.46. The fraction of sp³-hybridized carbons (Fsp3) is 0.625. The molecule has 0 saturated carbocycles. The Bertz CT molecular complexity index is 325. The molecule has 0 aliphatic heterocycles. The van der Waals surface area contributed by atoms with Gasteiger partial charge in [-0.25, -0.2) is 4.98 Å². The molecule has 0 fully saturated rings. The zero-order valence-electron chi connectivity index (χ0n) is 8.60. The summed E-state index contributed by atoms with van der Waals surface area (Å²) in [5.74, 6) is -0.993. The average Bonchev–Trinajstić information content (AvgIpc) is 2.54. The second-order valence-corrected chi connectivity index (χ2v) is 5.07. The molecule has 1 rings (SSSR count). The molecule has 2 unspecified atom stereocenters. The van der Waals surface area contributed by atoms with E-state index in [9.17, 15) is 4.79 Å². The number of carboxylic acids is 1. The molecule has 0 aliphatic carbocycles. The van der Waals surface area contributed by atoms with Crippen LogP contribution in [-0.2, 0) is 4.79 Å². The summed E-state index contributed by atoms with van der Waals surface area (Å²) in [7, 11) is 0.